The second-order valence-electron chi connectivity index (χ2n) is 5.02. The Labute approximate surface area is 133 Å². The van der Waals surface area contributed by atoms with Gasteiger partial charge in [-0.1, -0.05) is 24.3 Å². The van der Waals surface area contributed by atoms with Crippen molar-refractivity contribution >= 4 is 11.0 Å². The van der Waals surface area contributed by atoms with Crippen molar-refractivity contribution in [2.75, 3.05) is 0 Å². The van der Waals surface area contributed by atoms with E-state index in [2.05, 4.69) is 15.0 Å². The largest absolute Gasteiger partial charge is 0.458 e. The topological polar surface area (TPSA) is 52.8 Å². The van der Waals surface area contributed by atoms with Crippen molar-refractivity contribution in [1.29, 1.82) is 0 Å². The van der Waals surface area contributed by atoms with E-state index in [0.717, 1.165) is 22.5 Å². The Morgan fingerprint density at radius 1 is 0.826 bits per heavy atom. The second-order valence-corrected chi connectivity index (χ2v) is 5.02. The van der Waals surface area contributed by atoms with E-state index in [1.54, 1.807) is 12.4 Å². The number of hydrogen-bond donors (Lipinski definition) is 0. The number of aromatic nitrogens is 4. The Morgan fingerprint density at radius 2 is 1.61 bits per heavy atom. The molecule has 0 saturated carbocycles. The van der Waals surface area contributed by atoms with Gasteiger partial charge in [-0.25, -0.2) is 9.55 Å². The summed E-state index contributed by atoms with van der Waals surface area (Å²) in [5.74, 6) is 0.775. The number of para-hydroxylation sites is 2. The number of nitrogens with zero attached hydrogens (tertiary/aromatic N) is 4. The van der Waals surface area contributed by atoms with Crippen LogP contribution in [-0.4, -0.2) is 19.5 Å². The van der Waals surface area contributed by atoms with Crippen molar-refractivity contribution in [3.8, 4) is 11.8 Å². The molecule has 0 aliphatic heterocycles. The maximum atomic E-state index is 5.91. The SMILES string of the molecule is c1ccc(COc2nc3ccccc3n2-c2ccccn2)nc1. The smallest absolute Gasteiger partial charge is 0.303 e. The fourth-order valence-electron chi connectivity index (χ4n) is 2.43. The molecule has 0 bridgehead atoms. The molecule has 0 amide bonds. The van der Waals surface area contributed by atoms with Gasteiger partial charge in [0.15, 0.2) is 0 Å². The quantitative estimate of drug-likeness (QED) is 0.580. The zero-order valence-corrected chi connectivity index (χ0v) is 12.3. The standard InChI is InChI=1S/C18H14N4O/c1-2-9-16-15(8-1)21-18(22(16)17-10-4-6-12-20-17)23-13-14-7-3-5-11-19-14/h1-12H,13H2. The monoisotopic (exact) mass is 302 g/mol. The summed E-state index contributed by atoms with van der Waals surface area (Å²) in [6.45, 7) is 0.358. The van der Waals surface area contributed by atoms with E-state index in [1.807, 2.05) is 65.2 Å². The minimum atomic E-state index is 0.358. The molecule has 0 atom stereocenters. The molecule has 5 nitrogen and oxygen atoms in total. The predicted molar refractivity (Wildman–Crippen MR) is 87.4 cm³/mol. The Balaban J connectivity index is 1.76. The Bertz CT molecular complexity index is 920. The molecule has 23 heavy (non-hydrogen) atoms. The van der Waals surface area contributed by atoms with E-state index in [0.29, 0.717) is 12.6 Å². The van der Waals surface area contributed by atoms with Crippen LogP contribution in [0.2, 0.25) is 0 Å². The summed E-state index contributed by atoms with van der Waals surface area (Å²) in [7, 11) is 0. The van der Waals surface area contributed by atoms with Gasteiger partial charge in [0.2, 0.25) is 0 Å². The highest BCUT2D eigenvalue weighted by atomic mass is 16.5. The first-order chi connectivity index (χ1) is 11.4. The lowest BCUT2D eigenvalue weighted by Crippen LogP contribution is -2.04. The zero-order chi connectivity index (χ0) is 15.5. The van der Waals surface area contributed by atoms with Crippen molar-refractivity contribution in [2.24, 2.45) is 0 Å². The highest BCUT2D eigenvalue weighted by Crippen LogP contribution is 2.25. The second kappa shape index (κ2) is 5.88. The van der Waals surface area contributed by atoms with Gasteiger partial charge in [-0.3, -0.25) is 4.98 Å². The first-order valence-electron chi connectivity index (χ1n) is 7.33. The molecule has 0 spiro atoms. The summed E-state index contributed by atoms with van der Waals surface area (Å²) in [5.41, 5.74) is 2.68. The fourth-order valence-corrected chi connectivity index (χ4v) is 2.43. The van der Waals surface area contributed by atoms with Gasteiger partial charge in [-0.2, -0.15) is 4.98 Å². The zero-order valence-electron chi connectivity index (χ0n) is 12.3. The molecule has 0 saturated heterocycles. The molecule has 0 aliphatic carbocycles. The van der Waals surface area contributed by atoms with E-state index in [-0.39, 0.29) is 0 Å². The number of ether oxygens (including phenoxy) is 1. The van der Waals surface area contributed by atoms with Crippen molar-refractivity contribution in [3.63, 3.8) is 0 Å². The maximum Gasteiger partial charge on any atom is 0.303 e. The van der Waals surface area contributed by atoms with E-state index >= 15 is 0 Å². The van der Waals surface area contributed by atoms with Gasteiger partial charge in [0.1, 0.15) is 12.4 Å². The van der Waals surface area contributed by atoms with Crippen molar-refractivity contribution in [1.82, 2.24) is 19.5 Å². The van der Waals surface area contributed by atoms with Crippen LogP contribution in [0.3, 0.4) is 0 Å². The summed E-state index contributed by atoms with van der Waals surface area (Å²) >= 11 is 0. The average Bonchev–Trinajstić information content (AvgIpc) is 3.00. The maximum absolute atomic E-state index is 5.91. The Kier molecular flexibility index (Phi) is 3.44. The predicted octanol–water partition coefficient (Wildman–Crippen LogP) is 3.39. The number of hydrogen-bond acceptors (Lipinski definition) is 4. The summed E-state index contributed by atoms with van der Waals surface area (Å²) < 4.78 is 7.83. The van der Waals surface area contributed by atoms with E-state index < -0.39 is 0 Å². The number of fused-ring (bicyclic) bond motifs is 1. The molecule has 4 aromatic rings. The van der Waals surface area contributed by atoms with Crippen LogP contribution in [0.4, 0.5) is 0 Å². The van der Waals surface area contributed by atoms with Crippen molar-refractivity contribution in [3.05, 3.63) is 78.8 Å². The van der Waals surface area contributed by atoms with Gasteiger partial charge in [0.05, 0.1) is 16.7 Å². The molecule has 0 unspecified atom stereocenters. The molecule has 4 rings (SSSR count). The third-order valence-corrected chi connectivity index (χ3v) is 3.48. The first-order valence-corrected chi connectivity index (χ1v) is 7.33. The van der Waals surface area contributed by atoms with E-state index in [4.69, 9.17) is 4.74 Å². The third kappa shape index (κ3) is 2.64. The molecule has 5 heteroatoms. The average molecular weight is 302 g/mol. The van der Waals surface area contributed by atoms with Gasteiger partial charge in [0, 0.05) is 12.4 Å². The molecule has 1 aromatic carbocycles. The van der Waals surface area contributed by atoms with Gasteiger partial charge < -0.3 is 4.74 Å². The summed E-state index contributed by atoms with van der Waals surface area (Å²) in [6.07, 6.45) is 3.51. The minimum absolute atomic E-state index is 0.358. The van der Waals surface area contributed by atoms with Crippen LogP contribution in [0.25, 0.3) is 16.9 Å². The molecule has 0 N–H and O–H groups in total. The lowest BCUT2D eigenvalue weighted by Gasteiger charge is -2.09. The highest BCUT2D eigenvalue weighted by Gasteiger charge is 2.14. The van der Waals surface area contributed by atoms with Crippen LogP contribution in [0, 0.1) is 0 Å². The number of rotatable bonds is 4. The van der Waals surface area contributed by atoms with Crippen LogP contribution in [0.5, 0.6) is 6.01 Å². The lowest BCUT2D eigenvalue weighted by molar-refractivity contribution is 0.273. The van der Waals surface area contributed by atoms with E-state index in [9.17, 15) is 0 Å². The number of benzene rings is 1. The first kappa shape index (κ1) is 13.5. The molecular weight excluding hydrogens is 288 g/mol. The summed E-state index contributed by atoms with van der Waals surface area (Å²) in [6, 6.07) is 19.9. The number of pyridine rings is 2. The Hall–Kier alpha value is -3.21. The lowest BCUT2D eigenvalue weighted by atomic mass is 10.3. The highest BCUT2D eigenvalue weighted by molar-refractivity contribution is 5.78. The molecule has 0 radical (unpaired) electrons. The fraction of sp³-hybridized carbons (Fsp3) is 0.0556. The molecular formula is C18H14N4O. The van der Waals surface area contributed by atoms with Gasteiger partial charge >= 0.3 is 6.01 Å². The molecule has 3 heterocycles. The van der Waals surface area contributed by atoms with Crippen LogP contribution >= 0.6 is 0 Å². The van der Waals surface area contributed by atoms with Gasteiger partial charge in [0.25, 0.3) is 0 Å². The van der Waals surface area contributed by atoms with Crippen LogP contribution in [0.1, 0.15) is 5.69 Å². The summed E-state index contributed by atoms with van der Waals surface area (Å²) in [5, 5.41) is 0. The molecule has 112 valence electrons. The molecule has 0 fully saturated rings. The van der Waals surface area contributed by atoms with Crippen LogP contribution < -0.4 is 4.74 Å². The van der Waals surface area contributed by atoms with Crippen molar-refractivity contribution < 1.29 is 4.74 Å². The van der Waals surface area contributed by atoms with E-state index in [1.165, 1.54) is 0 Å². The number of imidazole rings is 1. The van der Waals surface area contributed by atoms with Gasteiger partial charge in [-0.15, -0.1) is 0 Å². The summed E-state index contributed by atoms with van der Waals surface area (Å²) in [4.78, 5) is 13.3. The van der Waals surface area contributed by atoms with Crippen molar-refractivity contribution in [2.45, 2.75) is 6.61 Å². The van der Waals surface area contributed by atoms with Crippen LogP contribution in [0.15, 0.2) is 73.1 Å². The normalized spacial score (nSPS) is 10.8. The Morgan fingerprint density at radius 3 is 2.39 bits per heavy atom. The third-order valence-electron chi connectivity index (χ3n) is 3.48. The van der Waals surface area contributed by atoms with Crippen LogP contribution in [-0.2, 0) is 6.61 Å². The minimum Gasteiger partial charge on any atom is -0.458 e. The van der Waals surface area contributed by atoms with Gasteiger partial charge in [-0.05, 0) is 36.4 Å². The molecule has 3 aromatic heterocycles. The molecule has 0 aliphatic rings.